The van der Waals surface area contributed by atoms with Crippen molar-refractivity contribution in [3.8, 4) is 0 Å². The predicted octanol–water partition coefficient (Wildman–Crippen LogP) is 2.87. The minimum Gasteiger partial charge on any atom is -0.373 e. The van der Waals surface area contributed by atoms with Crippen LogP contribution in [0.1, 0.15) is 25.3 Å². The minimum absolute atomic E-state index is 0.190. The first kappa shape index (κ1) is 15.8. The molecule has 1 aliphatic rings. The number of halogens is 1. The molecule has 1 heterocycles. The third-order valence-corrected chi connectivity index (χ3v) is 4.44. The number of rotatable bonds is 6. The van der Waals surface area contributed by atoms with E-state index in [2.05, 4.69) is 57.9 Å². The molecule has 1 unspecified atom stereocenters. The minimum atomic E-state index is 0.190. The third-order valence-electron chi connectivity index (χ3n) is 3.94. The number of benzene rings is 1. The van der Waals surface area contributed by atoms with E-state index in [1.54, 1.807) is 0 Å². The van der Waals surface area contributed by atoms with Crippen molar-refractivity contribution in [3.05, 3.63) is 28.2 Å². The third kappa shape index (κ3) is 4.47. The normalized spacial score (nSPS) is 17.4. The Kier molecular flexibility index (Phi) is 5.87. The molecule has 3 nitrogen and oxygen atoms in total. The lowest BCUT2D eigenvalue weighted by Crippen LogP contribution is -2.32. The molecule has 4 heteroatoms. The summed E-state index contributed by atoms with van der Waals surface area (Å²) in [6.45, 7) is 6.83. The Balaban J connectivity index is 2.01. The van der Waals surface area contributed by atoms with Gasteiger partial charge in [-0.3, -0.25) is 0 Å². The van der Waals surface area contributed by atoms with Crippen molar-refractivity contribution in [3.63, 3.8) is 0 Å². The zero-order valence-corrected chi connectivity index (χ0v) is 14.2. The van der Waals surface area contributed by atoms with E-state index in [0.717, 1.165) is 24.0 Å². The number of nitrogens with zero attached hydrogens (tertiary/aromatic N) is 2. The van der Waals surface area contributed by atoms with Crippen LogP contribution in [0.15, 0.2) is 22.7 Å². The quantitative estimate of drug-likeness (QED) is 0.864. The van der Waals surface area contributed by atoms with Crippen LogP contribution in [-0.4, -0.2) is 44.2 Å². The van der Waals surface area contributed by atoms with Gasteiger partial charge in [0.15, 0.2) is 0 Å². The summed E-state index contributed by atoms with van der Waals surface area (Å²) in [5.74, 6) is 0. The average molecular weight is 340 g/mol. The van der Waals surface area contributed by atoms with E-state index in [1.165, 1.54) is 37.2 Å². The molecule has 1 fully saturated rings. The highest BCUT2D eigenvalue weighted by atomic mass is 79.9. The lowest BCUT2D eigenvalue weighted by atomic mass is 10.0. The van der Waals surface area contributed by atoms with Crippen molar-refractivity contribution in [1.29, 1.82) is 0 Å². The summed E-state index contributed by atoms with van der Waals surface area (Å²) in [5, 5.41) is 0. The summed E-state index contributed by atoms with van der Waals surface area (Å²) in [6.07, 6.45) is 3.64. The first-order valence-corrected chi connectivity index (χ1v) is 8.33. The molecule has 1 saturated heterocycles. The SMILES string of the molecule is CC(N)Cc1cc(Br)ccc1N(C)CCN1CCCC1. The van der Waals surface area contributed by atoms with Crippen LogP contribution in [0.3, 0.4) is 0 Å². The van der Waals surface area contributed by atoms with Crippen molar-refractivity contribution < 1.29 is 0 Å². The van der Waals surface area contributed by atoms with Crippen LogP contribution in [-0.2, 0) is 6.42 Å². The molecule has 2 N–H and O–H groups in total. The summed E-state index contributed by atoms with van der Waals surface area (Å²) < 4.78 is 1.13. The molecule has 2 rings (SSSR count). The Morgan fingerprint density at radius 1 is 1.35 bits per heavy atom. The fourth-order valence-corrected chi connectivity index (χ4v) is 3.26. The molecule has 0 amide bonds. The monoisotopic (exact) mass is 339 g/mol. The van der Waals surface area contributed by atoms with Gasteiger partial charge in [-0.1, -0.05) is 15.9 Å². The summed E-state index contributed by atoms with van der Waals surface area (Å²) in [5.41, 5.74) is 8.62. The molecule has 112 valence electrons. The number of likely N-dealkylation sites (tertiary alicyclic amines) is 1. The van der Waals surface area contributed by atoms with Gasteiger partial charge in [0.2, 0.25) is 0 Å². The molecule has 0 spiro atoms. The van der Waals surface area contributed by atoms with Gasteiger partial charge < -0.3 is 15.5 Å². The van der Waals surface area contributed by atoms with Crippen LogP contribution in [0.4, 0.5) is 5.69 Å². The topological polar surface area (TPSA) is 32.5 Å². The van der Waals surface area contributed by atoms with Gasteiger partial charge in [-0.15, -0.1) is 0 Å². The second kappa shape index (κ2) is 7.43. The largest absolute Gasteiger partial charge is 0.373 e. The zero-order valence-electron chi connectivity index (χ0n) is 12.6. The lowest BCUT2D eigenvalue weighted by molar-refractivity contribution is 0.346. The highest BCUT2D eigenvalue weighted by Crippen LogP contribution is 2.25. The Morgan fingerprint density at radius 2 is 2.05 bits per heavy atom. The van der Waals surface area contributed by atoms with E-state index < -0.39 is 0 Å². The second-order valence-corrected chi connectivity index (χ2v) is 6.84. The molecule has 0 saturated carbocycles. The van der Waals surface area contributed by atoms with Crippen molar-refractivity contribution in [2.24, 2.45) is 5.73 Å². The Labute approximate surface area is 131 Å². The maximum atomic E-state index is 5.97. The van der Waals surface area contributed by atoms with Gasteiger partial charge in [0, 0.05) is 36.3 Å². The number of hydrogen-bond donors (Lipinski definition) is 1. The number of nitrogens with two attached hydrogens (primary N) is 1. The smallest absolute Gasteiger partial charge is 0.0397 e. The van der Waals surface area contributed by atoms with Gasteiger partial charge in [-0.05, 0) is 63.0 Å². The highest BCUT2D eigenvalue weighted by Gasteiger charge is 2.14. The lowest BCUT2D eigenvalue weighted by Gasteiger charge is -2.26. The van der Waals surface area contributed by atoms with E-state index >= 15 is 0 Å². The van der Waals surface area contributed by atoms with Crippen LogP contribution in [0.2, 0.25) is 0 Å². The van der Waals surface area contributed by atoms with Crippen LogP contribution in [0.5, 0.6) is 0 Å². The summed E-state index contributed by atoms with van der Waals surface area (Å²) in [6, 6.07) is 6.71. The van der Waals surface area contributed by atoms with Crippen LogP contribution >= 0.6 is 15.9 Å². The molecule has 1 aromatic carbocycles. The van der Waals surface area contributed by atoms with E-state index in [0.29, 0.717) is 0 Å². The first-order chi connectivity index (χ1) is 9.56. The van der Waals surface area contributed by atoms with Crippen LogP contribution in [0.25, 0.3) is 0 Å². The van der Waals surface area contributed by atoms with Crippen molar-refractivity contribution in [1.82, 2.24) is 4.90 Å². The maximum Gasteiger partial charge on any atom is 0.0397 e. The van der Waals surface area contributed by atoms with Crippen molar-refractivity contribution in [2.75, 3.05) is 38.1 Å². The van der Waals surface area contributed by atoms with Crippen LogP contribution < -0.4 is 10.6 Å². The molecule has 0 radical (unpaired) electrons. The Bertz CT molecular complexity index is 428. The van der Waals surface area contributed by atoms with Crippen molar-refractivity contribution in [2.45, 2.75) is 32.2 Å². The zero-order chi connectivity index (χ0) is 14.5. The van der Waals surface area contributed by atoms with Gasteiger partial charge in [-0.2, -0.15) is 0 Å². The molecule has 20 heavy (non-hydrogen) atoms. The van der Waals surface area contributed by atoms with E-state index in [4.69, 9.17) is 5.73 Å². The van der Waals surface area contributed by atoms with Gasteiger partial charge in [0.25, 0.3) is 0 Å². The average Bonchev–Trinajstić information content (AvgIpc) is 2.88. The summed E-state index contributed by atoms with van der Waals surface area (Å²) in [4.78, 5) is 4.92. The number of likely N-dealkylation sites (N-methyl/N-ethyl adjacent to an activating group) is 1. The van der Waals surface area contributed by atoms with E-state index in [9.17, 15) is 0 Å². The maximum absolute atomic E-state index is 5.97. The molecular formula is C16H26BrN3. The first-order valence-electron chi connectivity index (χ1n) is 7.54. The number of hydrogen-bond acceptors (Lipinski definition) is 3. The highest BCUT2D eigenvalue weighted by molar-refractivity contribution is 9.10. The van der Waals surface area contributed by atoms with Gasteiger partial charge in [-0.25, -0.2) is 0 Å². The molecule has 0 aromatic heterocycles. The van der Waals surface area contributed by atoms with Gasteiger partial charge >= 0.3 is 0 Å². The molecule has 0 bridgehead atoms. The fourth-order valence-electron chi connectivity index (χ4n) is 2.85. The molecule has 1 aliphatic heterocycles. The standard InChI is InChI=1S/C16H26BrN3/c1-13(18)11-14-12-15(17)5-6-16(14)19(2)9-10-20-7-3-4-8-20/h5-6,12-13H,3-4,7-11,18H2,1-2H3. The molecular weight excluding hydrogens is 314 g/mol. The predicted molar refractivity (Wildman–Crippen MR) is 90.4 cm³/mol. The molecule has 1 atom stereocenters. The summed E-state index contributed by atoms with van der Waals surface area (Å²) in [7, 11) is 2.18. The fraction of sp³-hybridized carbons (Fsp3) is 0.625. The number of anilines is 1. The molecule has 0 aliphatic carbocycles. The second-order valence-electron chi connectivity index (χ2n) is 5.92. The van der Waals surface area contributed by atoms with E-state index in [1.807, 2.05) is 0 Å². The van der Waals surface area contributed by atoms with Gasteiger partial charge in [0.05, 0.1) is 0 Å². The Morgan fingerprint density at radius 3 is 2.70 bits per heavy atom. The van der Waals surface area contributed by atoms with E-state index in [-0.39, 0.29) is 6.04 Å². The Hall–Kier alpha value is -0.580. The van der Waals surface area contributed by atoms with Crippen LogP contribution in [0, 0.1) is 0 Å². The van der Waals surface area contributed by atoms with Gasteiger partial charge in [0.1, 0.15) is 0 Å². The van der Waals surface area contributed by atoms with Crippen molar-refractivity contribution >= 4 is 21.6 Å². The summed E-state index contributed by atoms with van der Waals surface area (Å²) >= 11 is 3.56. The molecule has 1 aromatic rings.